The summed E-state index contributed by atoms with van der Waals surface area (Å²) in [5.74, 6) is -0.210. The quantitative estimate of drug-likeness (QED) is 0.586. The first kappa shape index (κ1) is 23.5. The minimum Gasteiger partial charge on any atom is -0.460 e. The number of esters is 1. The molecule has 0 aliphatic heterocycles. The Morgan fingerprint density at radius 1 is 0.968 bits per heavy atom. The Morgan fingerprint density at radius 2 is 1.52 bits per heavy atom. The number of aliphatic hydroxyl groups excluding tert-OH is 1. The Hall–Kier alpha value is -0.660. The third-order valence-electron chi connectivity index (χ3n) is 9.39. The molecule has 0 aromatic heterocycles. The lowest BCUT2D eigenvalue weighted by atomic mass is 9.69. The number of rotatable bonds is 7. The van der Waals surface area contributed by atoms with E-state index < -0.39 is 34.1 Å². The van der Waals surface area contributed by atoms with Gasteiger partial charge in [-0.2, -0.15) is 4.31 Å². The highest BCUT2D eigenvalue weighted by Gasteiger charge is 2.67. The molecule has 7 heteroatoms. The average molecular weight is 456 g/mol. The van der Waals surface area contributed by atoms with Crippen LogP contribution >= 0.6 is 0 Å². The highest BCUT2D eigenvalue weighted by Crippen LogP contribution is 2.67. The summed E-state index contributed by atoms with van der Waals surface area (Å²) in [5.41, 5.74) is -0.770. The predicted octanol–water partition coefficient (Wildman–Crippen LogP) is 4.01. The van der Waals surface area contributed by atoms with Crippen LogP contribution in [0, 0.1) is 16.7 Å². The van der Waals surface area contributed by atoms with Crippen molar-refractivity contribution >= 4 is 16.0 Å². The maximum absolute atomic E-state index is 14.2. The van der Waals surface area contributed by atoms with Crippen molar-refractivity contribution in [3.8, 4) is 0 Å². The second kappa shape index (κ2) is 8.94. The van der Waals surface area contributed by atoms with Gasteiger partial charge >= 0.3 is 5.97 Å². The standard InChI is InChI=1S/C24H41NO5S/c1-23(2)18-13-14-24(23,21(15-18)30-22(27)16-26)17-31(28,29)25(19-9-5-3-6-10-19)20-11-7-4-8-12-20/h18-21,26H,3-17H2,1-2H3/t18-,21-,24-/m1/s1. The molecule has 4 fully saturated rings. The molecule has 2 bridgehead atoms. The topological polar surface area (TPSA) is 83.9 Å². The van der Waals surface area contributed by atoms with Crippen molar-refractivity contribution in [3.63, 3.8) is 0 Å². The first-order valence-corrected chi connectivity index (χ1v) is 14.1. The molecule has 178 valence electrons. The van der Waals surface area contributed by atoms with Gasteiger partial charge in [-0.3, -0.25) is 0 Å². The normalized spacial score (nSPS) is 34.3. The van der Waals surface area contributed by atoms with Crippen LogP contribution in [0.15, 0.2) is 0 Å². The van der Waals surface area contributed by atoms with E-state index in [0.29, 0.717) is 12.3 Å². The molecule has 0 amide bonds. The number of sulfonamides is 1. The minimum absolute atomic E-state index is 0.0693. The summed E-state index contributed by atoms with van der Waals surface area (Å²) in [6.45, 7) is 3.68. The first-order valence-electron chi connectivity index (χ1n) is 12.5. The van der Waals surface area contributed by atoms with E-state index in [1.54, 1.807) is 0 Å². The molecule has 3 atom stereocenters. The molecule has 0 unspecified atom stereocenters. The molecule has 6 nitrogen and oxygen atoms in total. The van der Waals surface area contributed by atoms with Gasteiger partial charge in [0.2, 0.25) is 10.0 Å². The Kier molecular flexibility index (Phi) is 6.78. The van der Waals surface area contributed by atoms with E-state index in [1.807, 2.05) is 4.31 Å². The summed E-state index contributed by atoms with van der Waals surface area (Å²) in [5, 5.41) is 9.24. The van der Waals surface area contributed by atoms with Gasteiger partial charge in [-0.05, 0) is 56.3 Å². The van der Waals surface area contributed by atoms with Crippen LogP contribution in [0.3, 0.4) is 0 Å². The van der Waals surface area contributed by atoms with E-state index in [1.165, 1.54) is 12.8 Å². The van der Waals surface area contributed by atoms with Crippen molar-refractivity contribution in [1.82, 2.24) is 4.31 Å². The van der Waals surface area contributed by atoms with Crippen LogP contribution in [0.1, 0.15) is 97.3 Å². The summed E-state index contributed by atoms with van der Waals surface area (Å²) >= 11 is 0. The summed E-state index contributed by atoms with van der Waals surface area (Å²) in [7, 11) is -3.52. The van der Waals surface area contributed by atoms with Gasteiger partial charge in [0, 0.05) is 17.5 Å². The summed E-state index contributed by atoms with van der Waals surface area (Å²) in [4.78, 5) is 12.0. The Morgan fingerprint density at radius 3 is 2.00 bits per heavy atom. The van der Waals surface area contributed by atoms with E-state index in [9.17, 15) is 18.3 Å². The maximum Gasteiger partial charge on any atom is 0.332 e. The molecule has 1 N–H and O–H groups in total. The van der Waals surface area contributed by atoms with Crippen LogP contribution in [0.4, 0.5) is 0 Å². The Bertz CT molecular complexity index is 736. The van der Waals surface area contributed by atoms with Crippen molar-refractivity contribution in [2.24, 2.45) is 16.7 Å². The SMILES string of the molecule is CC1(C)[C@@H]2CC[C@@]1(CS(=O)(=O)N(C1CCCCC1)C1CCCCC1)[C@H](OC(=O)CO)C2. The van der Waals surface area contributed by atoms with Crippen LogP contribution in [0.5, 0.6) is 0 Å². The molecule has 0 heterocycles. The molecule has 0 aromatic rings. The van der Waals surface area contributed by atoms with E-state index in [4.69, 9.17) is 4.74 Å². The van der Waals surface area contributed by atoms with E-state index in [0.717, 1.165) is 64.2 Å². The summed E-state index contributed by atoms with van der Waals surface area (Å²) < 4.78 is 36.0. The van der Waals surface area contributed by atoms with Crippen LogP contribution in [-0.2, 0) is 19.6 Å². The summed E-state index contributed by atoms with van der Waals surface area (Å²) in [6.07, 6.45) is 12.8. The fourth-order valence-corrected chi connectivity index (χ4v) is 10.4. The van der Waals surface area contributed by atoms with E-state index >= 15 is 0 Å². The Labute approximate surface area is 188 Å². The lowest BCUT2D eigenvalue weighted by Crippen LogP contribution is -2.54. The van der Waals surface area contributed by atoms with Gasteiger partial charge in [0.1, 0.15) is 12.7 Å². The number of aliphatic hydroxyl groups is 1. The number of nitrogens with zero attached hydrogens (tertiary/aromatic N) is 1. The minimum atomic E-state index is -3.52. The molecule has 4 aliphatic rings. The Balaban J connectivity index is 1.65. The van der Waals surface area contributed by atoms with Crippen LogP contribution in [0.2, 0.25) is 0 Å². The van der Waals surface area contributed by atoms with Gasteiger partial charge < -0.3 is 9.84 Å². The molecular formula is C24H41NO5S. The van der Waals surface area contributed by atoms with Gasteiger partial charge in [0.05, 0.1) is 5.75 Å². The molecular weight excluding hydrogens is 414 g/mol. The van der Waals surface area contributed by atoms with Crippen molar-refractivity contribution in [3.05, 3.63) is 0 Å². The zero-order valence-electron chi connectivity index (χ0n) is 19.4. The molecule has 4 aliphatic carbocycles. The number of fused-ring (bicyclic) bond motifs is 2. The zero-order chi connectivity index (χ0) is 22.3. The third-order valence-corrected chi connectivity index (χ3v) is 11.5. The second-order valence-electron chi connectivity index (χ2n) is 11.2. The predicted molar refractivity (Wildman–Crippen MR) is 120 cm³/mol. The van der Waals surface area contributed by atoms with Crippen LogP contribution < -0.4 is 0 Å². The largest absolute Gasteiger partial charge is 0.460 e. The highest BCUT2D eigenvalue weighted by atomic mass is 32.2. The fourth-order valence-electron chi connectivity index (χ4n) is 7.53. The molecule has 0 saturated heterocycles. The van der Waals surface area contributed by atoms with Crippen molar-refractivity contribution in [2.75, 3.05) is 12.4 Å². The molecule has 0 radical (unpaired) electrons. The number of hydrogen-bond donors (Lipinski definition) is 1. The first-order chi connectivity index (χ1) is 14.7. The number of hydrogen-bond acceptors (Lipinski definition) is 5. The number of carbonyl (C=O) groups excluding carboxylic acids is 1. The average Bonchev–Trinajstić information content (AvgIpc) is 3.09. The zero-order valence-corrected chi connectivity index (χ0v) is 20.2. The van der Waals surface area contributed by atoms with E-state index in [-0.39, 0.29) is 23.3 Å². The second-order valence-corrected chi connectivity index (χ2v) is 13.0. The van der Waals surface area contributed by atoms with Crippen molar-refractivity contribution in [2.45, 2.75) is 116 Å². The van der Waals surface area contributed by atoms with Crippen LogP contribution in [-0.4, -0.2) is 54.3 Å². The lowest BCUT2D eigenvalue weighted by molar-refractivity contribution is -0.159. The van der Waals surface area contributed by atoms with Gasteiger partial charge in [0.15, 0.2) is 0 Å². The van der Waals surface area contributed by atoms with Crippen molar-refractivity contribution in [1.29, 1.82) is 0 Å². The highest BCUT2D eigenvalue weighted by molar-refractivity contribution is 7.89. The number of ether oxygens (including phenoxy) is 1. The van der Waals surface area contributed by atoms with Gasteiger partial charge in [-0.25, -0.2) is 13.2 Å². The lowest BCUT2D eigenvalue weighted by Gasteiger charge is -2.46. The molecule has 4 rings (SSSR count). The molecule has 31 heavy (non-hydrogen) atoms. The maximum atomic E-state index is 14.2. The number of carbonyl (C=O) groups is 1. The van der Waals surface area contributed by atoms with Gasteiger partial charge in [-0.15, -0.1) is 0 Å². The molecule has 4 saturated carbocycles. The van der Waals surface area contributed by atoms with Crippen LogP contribution in [0.25, 0.3) is 0 Å². The fraction of sp³-hybridized carbons (Fsp3) is 0.958. The van der Waals surface area contributed by atoms with Gasteiger partial charge in [-0.1, -0.05) is 52.4 Å². The molecule has 0 spiro atoms. The van der Waals surface area contributed by atoms with E-state index in [2.05, 4.69) is 13.8 Å². The van der Waals surface area contributed by atoms with Crippen molar-refractivity contribution < 1.29 is 23.1 Å². The third kappa shape index (κ3) is 4.19. The smallest absolute Gasteiger partial charge is 0.332 e. The van der Waals surface area contributed by atoms with Gasteiger partial charge in [0.25, 0.3) is 0 Å². The summed E-state index contributed by atoms with van der Waals surface area (Å²) in [6, 6.07) is 0.247. The monoisotopic (exact) mass is 455 g/mol. The molecule has 0 aromatic carbocycles.